The van der Waals surface area contributed by atoms with Gasteiger partial charge in [0.15, 0.2) is 0 Å². The third kappa shape index (κ3) is 6.69. The van der Waals surface area contributed by atoms with Gasteiger partial charge in [0.2, 0.25) is 11.8 Å². The smallest absolute Gasteiger partial charge is 0.236 e. The van der Waals surface area contributed by atoms with Gasteiger partial charge in [-0.05, 0) is 69.0 Å². The zero-order valence-corrected chi connectivity index (χ0v) is 20.3. The summed E-state index contributed by atoms with van der Waals surface area (Å²) < 4.78 is 24.8. The van der Waals surface area contributed by atoms with Gasteiger partial charge in [-0.25, -0.2) is 4.39 Å². The van der Waals surface area contributed by atoms with E-state index in [0.717, 1.165) is 44.7 Å². The molecule has 3 heterocycles. The number of likely N-dealkylation sites (tertiary alicyclic amines) is 2. The van der Waals surface area contributed by atoms with Crippen molar-refractivity contribution in [2.24, 2.45) is 11.3 Å². The predicted octanol–water partition coefficient (Wildman–Crippen LogP) is 2.79. The van der Waals surface area contributed by atoms with Gasteiger partial charge in [-0.3, -0.25) is 14.5 Å². The maximum atomic E-state index is 13.3. The first-order chi connectivity index (χ1) is 16.4. The molecule has 0 unspecified atom stereocenters. The van der Waals surface area contributed by atoms with Crippen LogP contribution in [0.2, 0.25) is 0 Å². The van der Waals surface area contributed by atoms with Gasteiger partial charge in [0.1, 0.15) is 11.6 Å². The second kappa shape index (κ2) is 11.5. The van der Waals surface area contributed by atoms with E-state index in [1.165, 1.54) is 12.1 Å². The molecular weight excluding hydrogens is 437 g/mol. The van der Waals surface area contributed by atoms with E-state index >= 15 is 0 Å². The van der Waals surface area contributed by atoms with Crippen molar-refractivity contribution in [3.8, 4) is 5.75 Å². The number of carbonyl (C=O) groups is 2. The molecule has 0 aliphatic carbocycles. The predicted molar refractivity (Wildman–Crippen MR) is 127 cm³/mol. The lowest BCUT2D eigenvalue weighted by molar-refractivity contribution is -0.144. The summed E-state index contributed by atoms with van der Waals surface area (Å²) in [7, 11) is 0. The number of hydrogen-bond donors (Lipinski definition) is 0. The van der Waals surface area contributed by atoms with E-state index in [9.17, 15) is 14.0 Å². The number of benzene rings is 1. The Morgan fingerprint density at radius 1 is 1.03 bits per heavy atom. The Morgan fingerprint density at radius 2 is 1.74 bits per heavy atom. The molecule has 3 saturated heterocycles. The summed E-state index contributed by atoms with van der Waals surface area (Å²) in [6.45, 7) is 8.51. The minimum atomic E-state index is -0.464. The summed E-state index contributed by atoms with van der Waals surface area (Å²) in [5.74, 6) is 1.21. The number of amides is 2. The number of morpholine rings is 1. The van der Waals surface area contributed by atoms with Crippen molar-refractivity contribution < 1.29 is 23.5 Å². The molecule has 1 aromatic carbocycles. The molecule has 188 valence electrons. The van der Waals surface area contributed by atoms with E-state index in [1.54, 1.807) is 12.1 Å². The van der Waals surface area contributed by atoms with Gasteiger partial charge in [0, 0.05) is 38.0 Å². The van der Waals surface area contributed by atoms with Crippen LogP contribution in [0, 0.1) is 17.2 Å². The molecule has 0 bridgehead atoms. The molecule has 0 radical (unpaired) electrons. The third-order valence-electron chi connectivity index (χ3n) is 7.50. The summed E-state index contributed by atoms with van der Waals surface area (Å²) in [4.78, 5) is 32.5. The lowest BCUT2D eigenvalue weighted by Crippen LogP contribution is -2.53. The van der Waals surface area contributed by atoms with E-state index in [2.05, 4.69) is 11.8 Å². The monoisotopic (exact) mass is 475 g/mol. The van der Waals surface area contributed by atoms with Gasteiger partial charge in [-0.2, -0.15) is 0 Å². The van der Waals surface area contributed by atoms with E-state index in [1.807, 2.05) is 9.80 Å². The van der Waals surface area contributed by atoms with Gasteiger partial charge in [-0.1, -0.05) is 6.92 Å². The van der Waals surface area contributed by atoms with Crippen LogP contribution in [0.3, 0.4) is 0 Å². The zero-order chi connectivity index (χ0) is 24.0. The number of nitrogens with zero attached hydrogens (tertiary/aromatic N) is 3. The highest BCUT2D eigenvalue weighted by Crippen LogP contribution is 2.35. The second-order valence-corrected chi connectivity index (χ2v) is 10.3. The normalized spacial score (nSPS) is 24.8. The molecule has 1 atom stereocenters. The van der Waals surface area contributed by atoms with Crippen molar-refractivity contribution in [1.29, 1.82) is 0 Å². The molecule has 3 aliphatic rings. The van der Waals surface area contributed by atoms with Crippen molar-refractivity contribution in [3.05, 3.63) is 30.1 Å². The van der Waals surface area contributed by atoms with Gasteiger partial charge in [0.25, 0.3) is 0 Å². The standard InChI is InChI=1S/C26H38FN3O4/c1-21-7-11-28(12-8-21)18-25(32)30-10-2-9-26(19-30,17-24(31)29-13-15-33-16-14-29)20-34-23-5-3-22(27)4-6-23/h3-6,21H,2,7-20H2,1H3/t26-/m1/s1. The summed E-state index contributed by atoms with van der Waals surface area (Å²) in [5, 5.41) is 0. The van der Waals surface area contributed by atoms with E-state index in [4.69, 9.17) is 9.47 Å². The highest BCUT2D eigenvalue weighted by Gasteiger charge is 2.41. The van der Waals surface area contributed by atoms with E-state index in [-0.39, 0.29) is 17.6 Å². The molecule has 2 amide bonds. The van der Waals surface area contributed by atoms with Gasteiger partial charge in [-0.15, -0.1) is 0 Å². The lowest BCUT2D eigenvalue weighted by Gasteiger charge is -2.44. The van der Waals surface area contributed by atoms with Crippen LogP contribution < -0.4 is 4.74 Å². The largest absolute Gasteiger partial charge is 0.493 e. The maximum absolute atomic E-state index is 13.3. The van der Waals surface area contributed by atoms with Crippen LogP contribution in [-0.4, -0.2) is 92.1 Å². The van der Waals surface area contributed by atoms with Crippen LogP contribution in [0.25, 0.3) is 0 Å². The summed E-state index contributed by atoms with van der Waals surface area (Å²) >= 11 is 0. The van der Waals surface area contributed by atoms with Crippen molar-refractivity contribution >= 4 is 11.8 Å². The molecule has 34 heavy (non-hydrogen) atoms. The van der Waals surface area contributed by atoms with Crippen molar-refractivity contribution in [2.45, 2.75) is 39.0 Å². The fourth-order valence-electron chi connectivity index (χ4n) is 5.26. The number of halogens is 1. The van der Waals surface area contributed by atoms with Crippen molar-refractivity contribution in [1.82, 2.24) is 14.7 Å². The molecule has 0 N–H and O–H groups in total. The van der Waals surface area contributed by atoms with E-state index < -0.39 is 5.41 Å². The summed E-state index contributed by atoms with van der Waals surface area (Å²) in [6, 6.07) is 5.96. The van der Waals surface area contributed by atoms with Gasteiger partial charge in [0.05, 0.1) is 26.4 Å². The first-order valence-corrected chi connectivity index (χ1v) is 12.7. The number of rotatable bonds is 7. The van der Waals surface area contributed by atoms with Crippen molar-refractivity contribution in [2.75, 3.05) is 65.6 Å². The molecule has 0 spiro atoms. The lowest BCUT2D eigenvalue weighted by atomic mass is 9.77. The average molecular weight is 476 g/mol. The average Bonchev–Trinajstić information content (AvgIpc) is 2.86. The third-order valence-corrected chi connectivity index (χ3v) is 7.50. The van der Waals surface area contributed by atoms with E-state index in [0.29, 0.717) is 64.7 Å². The molecule has 8 heteroatoms. The van der Waals surface area contributed by atoms with Gasteiger partial charge < -0.3 is 19.3 Å². The molecule has 0 aromatic heterocycles. The molecule has 7 nitrogen and oxygen atoms in total. The molecule has 3 fully saturated rings. The van der Waals surface area contributed by atoms with Crippen molar-refractivity contribution in [3.63, 3.8) is 0 Å². The summed E-state index contributed by atoms with van der Waals surface area (Å²) in [6.07, 6.45) is 4.26. The Labute approximate surface area is 202 Å². The zero-order valence-electron chi connectivity index (χ0n) is 20.3. The Bertz CT molecular complexity index is 822. The second-order valence-electron chi connectivity index (χ2n) is 10.3. The summed E-state index contributed by atoms with van der Waals surface area (Å²) in [5.41, 5.74) is -0.464. The Balaban J connectivity index is 1.43. The first kappa shape index (κ1) is 24.9. The highest BCUT2D eigenvalue weighted by molar-refractivity contribution is 5.79. The fraction of sp³-hybridized carbons (Fsp3) is 0.692. The Kier molecular flexibility index (Phi) is 8.42. The minimum absolute atomic E-state index is 0.0883. The minimum Gasteiger partial charge on any atom is -0.493 e. The van der Waals surface area contributed by atoms with Crippen LogP contribution in [0.1, 0.15) is 39.0 Å². The maximum Gasteiger partial charge on any atom is 0.236 e. The van der Waals surface area contributed by atoms with Crippen LogP contribution >= 0.6 is 0 Å². The number of piperidine rings is 2. The Morgan fingerprint density at radius 3 is 2.44 bits per heavy atom. The first-order valence-electron chi connectivity index (χ1n) is 12.7. The topological polar surface area (TPSA) is 62.3 Å². The molecule has 4 rings (SSSR count). The van der Waals surface area contributed by atoms with Crippen LogP contribution in [0.15, 0.2) is 24.3 Å². The number of carbonyl (C=O) groups excluding carboxylic acids is 2. The molecule has 1 aromatic rings. The number of hydrogen-bond acceptors (Lipinski definition) is 5. The van der Waals surface area contributed by atoms with Crippen LogP contribution in [-0.2, 0) is 14.3 Å². The molecule has 3 aliphatic heterocycles. The Hall–Kier alpha value is -2.19. The van der Waals surface area contributed by atoms with Crippen LogP contribution in [0.4, 0.5) is 4.39 Å². The quantitative estimate of drug-likeness (QED) is 0.607. The molecule has 0 saturated carbocycles. The van der Waals surface area contributed by atoms with Gasteiger partial charge >= 0.3 is 0 Å². The fourth-order valence-corrected chi connectivity index (χ4v) is 5.26. The highest BCUT2D eigenvalue weighted by atomic mass is 19.1. The SMILES string of the molecule is CC1CCN(CC(=O)N2CCC[C@@](COc3ccc(F)cc3)(CC(=O)N3CCOCC3)C2)CC1. The number of ether oxygens (including phenoxy) is 2. The van der Waals surface area contributed by atoms with Crippen LogP contribution in [0.5, 0.6) is 5.75 Å². The molecular formula is C26H38FN3O4.